The van der Waals surface area contributed by atoms with Crippen molar-refractivity contribution in [2.24, 2.45) is 5.73 Å². The van der Waals surface area contributed by atoms with Crippen LogP contribution in [0.5, 0.6) is 23.0 Å². The number of carboxylic acid groups (broad SMARTS) is 1. The van der Waals surface area contributed by atoms with Crippen molar-refractivity contribution in [2.45, 2.75) is 36.2 Å². The largest absolute Gasteiger partial charge is 0.508 e. The van der Waals surface area contributed by atoms with Crippen molar-refractivity contribution in [3.05, 3.63) is 76.9 Å². The highest BCUT2D eigenvalue weighted by Crippen LogP contribution is 2.57. The Morgan fingerprint density at radius 2 is 1.55 bits per heavy atom. The number of rotatable bonds is 17. The first-order chi connectivity index (χ1) is 26.4. The summed E-state index contributed by atoms with van der Waals surface area (Å²) in [5, 5.41) is 33.8. The number of carboxylic acids is 1. The maximum absolute atomic E-state index is 13.3. The minimum Gasteiger partial charge on any atom is -0.508 e. The molecule has 0 bridgehead atoms. The number of nitrogens with two attached hydrogens (primary N) is 1. The molecule has 3 aromatic rings. The van der Waals surface area contributed by atoms with Crippen molar-refractivity contribution >= 4 is 53.0 Å². The van der Waals surface area contributed by atoms with Crippen LogP contribution in [0.2, 0.25) is 0 Å². The summed E-state index contributed by atoms with van der Waals surface area (Å²) in [6, 6.07) is 12.6. The molecule has 4 amide bonds. The molecule has 2 unspecified atom stereocenters. The number of fused-ring (bicyclic) bond motifs is 6. The van der Waals surface area contributed by atoms with E-state index in [-0.39, 0.29) is 105 Å². The Kier molecular flexibility index (Phi) is 11.9. The second-order valence-electron chi connectivity index (χ2n) is 12.8. The number of hydrogen-bond donors (Lipinski definition) is 6. The number of amides is 4. The molecule has 1 spiro atoms. The Labute approximate surface area is 318 Å². The van der Waals surface area contributed by atoms with Crippen molar-refractivity contribution in [3.8, 4) is 23.0 Å². The van der Waals surface area contributed by atoms with Crippen LogP contribution in [0.3, 0.4) is 0 Å². The molecule has 1 fully saturated rings. The standard InChI is InChI=1S/C37H38N4O13S/c38-27(35(48)49)19-55-30-18-33(46)41(34(30)47)10-7-31(44)39-9-12-52-14-13-51-11-8-32(45)40-20-1-4-24-23(15-20)36(50)54-37(24)25-5-2-21(42)16-28(25)53-29-17-22(43)3-6-26(29)37/h1-6,15-17,27,30,42-43H,7-14,18-19,38H2,(H,39,44)(H,40,45)(H,48,49). The smallest absolute Gasteiger partial charge is 0.340 e. The molecule has 290 valence electrons. The number of hydrogen-bond acceptors (Lipinski definition) is 14. The number of phenols is 2. The first kappa shape index (κ1) is 39.0. The van der Waals surface area contributed by atoms with Gasteiger partial charge in [0.1, 0.15) is 29.0 Å². The number of imide groups is 1. The van der Waals surface area contributed by atoms with Gasteiger partial charge in [-0.15, -0.1) is 11.8 Å². The van der Waals surface area contributed by atoms with E-state index >= 15 is 0 Å². The number of phenolic OH excluding ortho intramolecular Hbond substituents is 2. The van der Waals surface area contributed by atoms with Gasteiger partial charge in [0.2, 0.25) is 23.6 Å². The number of anilines is 1. The highest BCUT2D eigenvalue weighted by molar-refractivity contribution is 8.00. The van der Waals surface area contributed by atoms with Crippen LogP contribution in [0.1, 0.15) is 46.3 Å². The lowest BCUT2D eigenvalue weighted by Crippen LogP contribution is -2.37. The molecular weight excluding hydrogens is 740 g/mol. The maximum Gasteiger partial charge on any atom is 0.340 e. The molecule has 7 N–H and O–H groups in total. The number of benzene rings is 3. The number of aliphatic carboxylic acids is 1. The van der Waals surface area contributed by atoms with Crippen molar-refractivity contribution in [3.63, 3.8) is 0 Å². The molecule has 3 heterocycles. The average Bonchev–Trinajstić information content (AvgIpc) is 3.58. The van der Waals surface area contributed by atoms with Crippen LogP contribution in [0.25, 0.3) is 0 Å². The minimum absolute atomic E-state index is 0.0149. The molecule has 2 atom stereocenters. The fraction of sp³-hybridized carbons (Fsp3) is 0.351. The third-order valence-electron chi connectivity index (χ3n) is 9.03. The molecule has 3 aliphatic heterocycles. The lowest BCUT2D eigenvalue weighted by Gasteiger charge is -2.36. The third-order valence-corrected chi connectivity index (χ3v) is 10.4. The highest BCUT2D eigenvalue weighted by atomic mass is 32.2. The van der Waals surface area contributed by atoms with Gasteiger partial charge in [0.25, 0.3) is 0 Å². The van der Waals surface area contributed by atoms with Crippen LogP contribution in [0.4, 0.5) is 5.69 Å². The zero-order valence-corrected chi connectivity index (χ0v) is 30.1. The lowest BCUT2D eigenvalue weighted by atomic mass is 9.77. The topological polar surface area (TPSA) is 253 Å². The Balaban J connectivity index is 0.889. The Morgan fingerprint density at radius 3 is 2.22 bits per heavy atom. The second kappa shape index (κ2) is 16.8. The van der Waals surface area contributed by atoms with E-state index in [0.29, 0.717) is 22.4 Å². The molecule has 18 heteroatoms. The van der Waals surface area contributed by atoms with Gasteiger partial charge < -0.3 is 50.6 Å². The summed E-state index contributed by atoms with van der Waals surface area (Å²) in [5.74, 6) is -3.07. The van der Waals surface area contributed by atoms with Gasteiger partial charge in [-0.2, -0.15) is 0 Å². The molecule has 1 saturated heterocycles. The van der Waals surface area contributed by atoms with Gasteiger partial charge in [-0.05, 0) is 36.4 Å². The van der Waals surface area contributed by atoms with Gasteiger partial charge in [-0.3, -0.25) is 28.9 Å². The number of thioether (sulfide) groups is 1. The van der Waals surface area contributed by atoms with Gasteiger partial charge in [-0.25, -0.2) is 4.79 Å². The van der Waals surface area contributed by atoms with Crippen molar-refractivity contribution < 1.29 is 63.0 Å². The van der Waals surface area contributed by atoms with Crippen LogP contribution in [-0.2, 0) is 43.8 Å². The van der Waals surface area contributed by atoms with Gasteiger partial charge in [0, 0.05) is 66.2 Å². The summed E-state index contributed by atoms with van der Waals surface area (Å²) in [4.78, 5) is 74.8. The molecule has 0 saturated carbocycles. The van der Waals surface area contributed by atoms with E-state index in [2.05, 4.69) is 10.6 Å². The number of nitrogens with zero attached hydrogens (tertiary/aromatic N) is 1. The summed E-state index contributed by atoms with van der Waals surface area (Å²) in [6.45, 7) is 0.749. The molecule has 3 aliphatic rings. The van der Waals surface area contributed by atoms with Gasteiger partial charge in [0.05, 0.1) is 43.7 Å². The van der Waals surface area contributed by atoms with E-state index in [1.807, 2.05) is 0 Å². The predicted octanol–water partition coefficient (Wildman–Crippen LogP) is 1.81. The van der Waals surface area contributed by atoms with E-state index in [1.165, 1.54) is 30.3 Å². The lowest BCUT2D eigenvalue weighted by molar-refractivity contribution is -0.139. The predicted molar refractivity (Wildman–Crippen MR) is 194 cm³/mol. The van der Waals surface area contributed by atoms with E-state index < -0.39 is 40.6 Å². The summed E-state index contributed by atoms with van der Waals surface area (Å²) < 4.78 is 22.9. The molecule has 6 rings (SSSR count). The zero-order chi connectivity index (χ0) is 39.3. The van der Waals surface area contributed by atoms with E-state index in [4.69, 9.17) is 29.8 Å². The molecule has 3 aromatic carbocycles. The number of carbonyl (C=O) groups is 6. The SMILES string of the molecule is NC(CSC1CC(=O)N(CCC(=O)NCCOCCOCCC(=O)Nc2ccc3c(c2)C(=O)OC32c3ccc(O)cc3Oc3cc(O)ccc32)C1=O)C(=O)O. The van der Waals surface area contributed by atoms with Gasteiger partial charge >= 0.3 is 11.9 Å². The minimum atomic E-state index is -1.41. The maximum atomic E-state index is 13.3. The van der Waals surface area contributed by atoms with Crippen molar-refractivity contribution in [1.29, 1.82) is 0 Å². The summed E-state index contributed by atoms with van der Waals surface area (Å²) in [7, 11) is 0. The Morgan fingerprint density at radius 1 is 0.891 bits per heavy atom. The van der Waals surface area contributed by atoms with E-state index in [1.54, 1.807) is 24.3 Å². The second-order valence-corrected chi connectivity index (χ2v) is 14.0. The summed E-state index contributed by atoms with van der Waals surface area (Å²) in [6.07, 6.45) is -0.150. The summed E-state index contributed by atoms with van der Waals surface area (Å²) in [5.41, 5.74) is 6.11. The summed E-state index contributed by atoms with van der Waals surface area (Å²) >= 11 is 1.01. The number of esters is 1. The number of ether oxygens (including phenoxy) is 4. The molecule has 55 heavy (non-hydrogen) atoms. The fourth-order valence-corrected chi connectivity index (χ4v) is 7.48. The van der Waals surface area contributed by atoms with E-state index in [0.717, 1.165) is 16.7 Å². The van der Waals surface area contributed by atoms with Crippen LogP contribution < -0.4 is 21.1 Å². The van der Waals surface area contributed by atoms with Crippen LogP contribution in [0.15, 0.2) is 54.6 Å². The number of aromatic hydroxyl groups is 2. The molecule has 0 aromatic heterocycles. The Bertz CT molecular complexity index is 1970. The van der Waals surface area contributed by atoms with Gasteiger partial charge in [-0.1, -0.05) is 6.07 Å². The van der Waals surface area contributed by atoms with Crippen LogP contribution >= 0.6 is 11.8 Å². The fourth-order valence-electron chi connectivity index (χ4n) is 6.37. The molecular formula is C37H38N4O13S. The average molecular weight is 779 g/mol. The number of likely N-dealkylation sites (tertiary alicyclic amines) is 1. The Hall–Kier alpha value is -5.69. The number of carbonyl (C=O) groups excluding carboxylic acids is 5. The molecule has 0 radical (unpaired) electrons. The quantitative estimate of drug-likeness (QED) is 0.0649. The monoisotopic (exact) mass is 778 g/mol. The van der Waals surface area contributed by atoms with Gasteiger partial charge in [0.15, 0.2) is 5.60 Å². The third kappa shape index (κ3) is 8.51. The number of nitrogens with one attached hydrogen (secondary N) is 2. The first-order valence-corrected chi connectivity index (χ1v) is 18.3. The zero-order valence-electron chi connectivity index (χ0n) is 29.3. The first-order valence-electron chi connectivity index (χ1n) is 17.3. The van der Waals surface area contributed by atoms with Crippen LogP contribution in [-0.4, -0.2) is 112 Å². The van der Waals surface area contributed by atoms with E-state index in [9.17, 15) is 39.0 Å². The normalized spacial score (nSPS) is 16.9. The molecule has 0 aliphatic carbocycles. The highest BCUT2D eigenvalue weighted by Gasteiger charge is 2.53. The van der Waals surface area contributed by atoms with Crippen LogP contribution in [0, 0.1) is 0 Å². The van der Waals surface area contributed by atoms with Crippen molar-refractivity contribution in [2.75, 3.05) is 50.6 Å². The molecule has 17 nitrogen and oxygen atoms in total. The van der Waals surface area contributed by atoms with Crippen molar-refractivity contribution in [1.82, 2.24) is 10.2 Å².